The van der Waals surface area contributed by atoms with E-state index in [2.05, 4.69) is 10.5 Å². The largest absolute Gasteiger partial charge is 0.273 e. The van der Waals surface area contributed by atoms with Gasteiger partial charge in [-0.2, -0.15) is 9.41 Å². The predicted molar refractivity (Wildman–Crippen MR) is 120 cm³/mol. The number of carbonyl (C=O) groups excluding carboxylic acids is 1. The molecule has 1 amide bonds. The molecule has 1 unspecified atom stereocenters. The van der Waals surface area contributed by atoms with E-state index in [0.717, 1.165) is 17.7 Å². The molecule has 1 fully saturated rings. The zero-order chi connectivity index (χ0) is 23.8. The second kappa shape index (κ2) is 8.96. The maximum absolute atomic E-state index is 13.7. The number of amides is 1. The van der Waals surface area contributed by atoms with Gasteiger partial charge < -0.3 is 0 Å². The number of hydrogen-bond donors (Lipinski definition) is 1. The van der Waals surface area contributed by atoms with Gasteiger partial charge in [-0.15, -0.1) is 0 Å². The van der Waals surface area contributed by atoms with Crippen LogP contribution in [0.25, 0.3) is 0 Å². The van der Waals surface area contributed by atoms with Gasteiger partial charge in [0.1, 0.15) is 5.82 Å². The second-order valence-electron chi connectivity index (χ2n) is 8.26. The Kier molecular flexibility index (Phi) is 6.39. The molecule has 1 atom stereocenters. The zero-order valence-corrected chi connectivity index (χ0v) is 19.6. The highest BCUT2D eigenvalue weighted by molar-refractivity contribution is 7.91. The van der Waals surface area contributed by atoms with Crippen molar-refractivity contribution < 1.29 is 26.0 Å². The quantitative estimate of drug-likeness (QED) is 0.518. The Bertz CT molecular complexity index is 1320. The van der Waals surface area contributed by atoms with E-state index in [1.165, 1.54) is 10.4 Å². The van der Waals surface area contributed by atoms with E-state index in [0.29, 0.717) is 19.4 Å². The van der Waals surface area contributed by atoms with Crippen molar-refractivity contribution in [3.8, 4) is 0 Å². The number of sulfone groups is 1. The van der Waals surface area contributed by atoms with E-state index in [-0.39, 0.29) is 39.8 Å². The third-order valence-corrected chi connectivity index (χ3v) is 9.56. The third kappa shape index (κ3) is 4.85. The number of nitrogens with zero attached hydrogens (tertiary/aromatic N) is 2. The van der Waals surface area contributed by atoms with E-state index >= 15 is 0 Å². The Labute approximate surface area is 192 Å². The molecule has 4 rings (SSSR count). The van der Waals surface area contributed by atoms with Crippen molar-refractivity contribution in [2.75, 3.05) is 18.8 Å². The number of piperidine rings is 1. The van der Waals surface area contributed by atoms with Gasteiger partial charge in [0.15, 0.2) is 9.84 Å². The lowest BCUT2D eigenvalue weighted by molar-refractivity contribution is -0.126. The van der Waals surface area contributed by atoms with Crippen molar-refractivity contribution in [2.45, 2.75) is 36.0 Å². The minimum Gasteiger partial charge on any atom is -0.273 e. The zero-order valence-electron chi connectivity index (χ0n) is 18.0. The van der Waals surface area contributed by atoms with Gasteiger partial charge in [-0.05, 0) is 50.1 Å². The molecule has 2 heterocycles. The fraction of sp³-hybridized carbons (Fsp3) is 0.364. The van der Waals surface area contributed by atoms with Crippen LogP contribution in [-0.2, 0) is 24.7 Å². The lowest BCUT2D eigenvalue weighted by Crippen LogP contribution is -2.44. The number of aryl methyl sites for hydroxylation is 1. The van der Waals surface area contributed by atoms with Crippen LogP contribution in [0.2, 0.25) is 0 Å². The smallest absolute Gasteiger partial charge is 0.244 e. The summed E-state index contributed by atoms with van der Waals surface area (Å²) in [5.74, 6) is -1.86. The van der Waals surface area contributed by atoms with Crippen LogP contribution < -0.4 is 5.43 Å². The molecule has 1 N–H and O–H groups in total. The predicted octanol–water partition coefficient (Wildman–Crippen LogP) is 2.23. The summed E-state index contributed by atoms with van der Waals surface area (Å²) < 4.78 is 65.5. The fourth-order valence-electron chi connectivity index (χ4n) is 4.04. The van der Waals surface area contributed by atoms with E-state index < -0.39 is 37.5 Å². The van der Waals surface area contributed by atoms with Gasteiger partial charge in [-0.1, -0.05) is 17.7 Å². The molecule has 0 spiro atoms. The lowest BCUT2D eigenvalue weighted by Gasteiger charge is -2.31. The maximum atomic E-state index is 13.7. The van der Waals surface area contributed by atoms with Crippen molar-refractivity contribution in [3.63, 3.8) is 0 Å². The molecule has 0 aliphatic carbocycles. The first-order valence-corrected chi connectivity index (χ1v) is 13.6. The van der Waals surface area contributed by atoms with Crippen molar-refractivity contribution in [3.05, 3.63) is 59.4 Å². The fourth-order valence-corrected chi connectivity index (χ4v) is 7.03. The molecule has 0 saturated carbocycles. The van der Waals surface area contributed by atoms with E-state index in [9.17, 15) is 26.0 Å². The van der Waals surface area contributed by atoms with E-state index in [1.54, 1.807) is 24.3 Å². The summed E-state index contributed by atoms with van der Waals surface area (Å²) >= 11 is 0. The topological polar surface area (TPSA) is 113 Å². The summed E-state index contributed by atoms with van der Waals surface area (Å²) in [4.78, 5) is 12.9. The molecular formula is C22H24FN3O5S2. The maximum Gasteiger partial charge on any atom is 0.244 e. The van der Waals surface area contributed by atoms with Crippen LogP contribution in [0.5, 0.6) is 0 Å². The highest BCUT2D eigenvalue weighted by Gasteiger charge is 2.34. The molecule has 176 valence electrons. The number of nitrogens with one attached hydrogen (secondary N) is 1. The number of hydrazone groups is 1. The first kappa shape index (κ1) is 23.5. The second-order valence-corrected chi connectivity index (χ2v) is 12.3. The molecule has 0 radical (unpaired) electrons. The molecule has 0 bridgehead atoms. The highest BCUT2D eigenvalue weighted by atomic mass is 32.2. The first-order valence-electron chi connectivity index (χ1n) is 10.5. The molecule has 2 aliphatic heterocycles. The van der Waals surface area contributed by atoms with Crippen LogP contribution in [0.3, 0.4) is 0 Å². The third-order valence-electron chi connectivity index (χ3n) is 5.91. The van der Waals surface area contributed by atoms with Crippen LogP contribution >= 0.6 is 0 Å². The molecule has 2 aliphatic rings. The highest BCUT2D eigenvalue weighted by Crippen LogP contribution is 2.27. The molecular weight excluding hydrogens is 469 g/mol. The van der Waals surface area contributed by atoms with Crippen LogP contribution in [0.4, 0.5) is 4.39 Å². The van der Waals surface area contributed by atoms with E-state index in [1.807, 2.05) is 6.92 Å². The van der Waals surface area contributed by atoms with Gasteiger partial charge in [0.2, 0.25) is 15.9 Å². The van der Waals surface area contributed by atoms with Crippen LogP contribution in [0.1, 0.15) is 30.4 Å². The molecule has 8 nitrogen and oxygen atoms in total. The van der Waals surface area contributed by atoms with Gasteiger partial charge in [0.05, 0.1) is 27.2 Å². The normalized spacial score (nSPS) is 22.0. The van der Waals surface area contributed by atoms with Gasteiger partial charge in [-0.25, -0.2) is 26.7 Å². The minimum atomic E-state index is -3.73. The lowest BCUT2D eigenvalue weighted by atomic mass is 9.99. The van der Waals surface area contributed by atoms with Crippen molar-refractivity contribution in [1.82, 2.24) is 9.73 Å². The monoisotopic (exact) mass is 493 g/mol. The number of carbonyl (C=O) groups is 1. The van der Waals surface area contributed by atoms with Crippen molar-refractivity contribution >= 4 is 31.5 Å². The Morgan fingerprint density at radius 1 is 1.18 bits per heavy atom. The molecule has 1 saturated heterocycles. The summed E-state index contributed by atoms with van der Waals surface area (Å²) in [6, 6.07) is 9.91. The van der Waals surface area contributed by atoms with Crippen molar-refractivity contribution in [2.24, 2.45) is 11.0 Å². The van der Waals surface area contributed by atoms with Crippen LogP contribution in [-0.4, -0.2) is 51.6 Å². The molecule has 2 aromatic carbocycles. The van der Waals surface area contributed by atoms with Gasteiger partial charge in [0.25, 0.3) is 0 Å². The number of fused-ring (bicyclic) bond motifs is 1. The Hall–Kier alpha value is -2.63. The van der Waals surface area contributed by atoms with E-state index in [4.69, 9.17) is 0 Å². The number of rotatable bonds is 4. The van der Waals surface area contributed by atoms with Crippen LogP contribution in [0, 0.1) is 18.7 Å². The van der Waals surface area contributed by atoms with Gasteiger partial charge >= 0.3 is 0 Å². The summed E-state index contributed by atoms with van der Waals surface area (Å²) in [7, 11) is -7.27. The standard InChI is InChI=1S/C22H24FN3O5S2/c1-15-4-7-18(8-5-15)33(30,31)26-11-2-3-16(14-26)22(27)25-24-20-10-12-32(28,29)21-9-6-17(23)13-19(20)21/h4-9,13,16H,2-3,10-12,14H2,1H3,(H,25,27). The molecule has 33 heavy (non-hydrogen) atoms. The average Bonchev–Trinajstić information content (AvgIpc) is 2.78. The Morgan fingerprint density at radius 2 is 1.91 bits per heavy atom. The number of hydrogen-bond acceptors (Lipinski definition) is 6. The number of halogens is 1. The van der Waals surface area contributed by atoms with Crippen molar-refractivity contribution in [1.29, 1.82) is 0 Å². The Morgan fingerprint density at radius 3 is 2.64 bits per heavy atom. The van der Waals surface area contributed by atoms with Crippen LogP contribution in [0.15, 0.2) is 57.4 Å². The molecule has 0 aromatic heterocycles. The number of benzene rings is 2. The molecule has 11 heteroatoms. The van der Waals surface area contributed by atoms with Gasteiger partial charge in [0, 0.05) is 25.1 Å². The van der Waals surface area contributed by atoms with Gasteiger partial charge in [-0.3, -0.25) is 4.79 Å². The average molecular weight is 494 g/mol. The summed E-state index contributed by atoms with van der Waals surface area (Å²) in [5, 5.41) is 4.08. The minimum absolute atomic E-state index is 0.0174. The SMILES string of the molecule is Cc1ccc(S(=O)(=O)N2CCCC(C(=O)NN=C3CCS(=O)(=O)c4ccc(F)cc43)C2)cc1. The summed E-state index contributed by atoms with van der Waals surface area (Å²) in [6.07, 6.45) is 1.06. The molecule has 2 aromatic rings. The number of sulfonamides is 1. The Balaban J connectivity index is 1.50. The summed E-state index contributed by atoms with van der Waals surface area (Å²) in [6.45, 7) is 2.21. The summed E-state index contributed by atoms with van der Waals surface area (Å²) in [5.41, 5.74) is 3.79. The first-order chi connectivity index (χ1) is 15.6.